The maximum Gasteiger partial charge on any atom is 0.252 e. The van der Waals surface area contributed by atoms with Gasteiger partial charge in [-0.05, 0) is 6.42 Å². The van der Waals surface area contributed by atoms with Gasteiger partial charge in [-0.25, -0.2) is 5.01 Å². The van der Waals surface area contributed by atoms with Crippen molar-refractivity contribution in [1.82, 2.24) is 5.01 Å². The second-order valence-electron chi connectivity index (χ2n) is 3.86. The smallest absolute Gasteiger partial charge is 0.252 e. The lowest BCUT2D eigenvalue weighted by Gasteiger charge is -2.19. The number of amides is 1. The van der Waals surface area contributed by atoms with Crippen LogP contribution < -0.4 is 0 Å². The molecule has 2 fully saturated rings. The predicted octanol–water partition coefficient (Wildman–Crippen LogP) is 0.337. The van der Waals surface area contributed by atoms with Crippen LogP contribution in [0.2, 0.25) is 0 Å². The molecule has 2 atom stereocenters. The first-order chi connectivity index (χ1) is 6.86. The summed E-state index contributed by atoms with van der Waals surface area (Å²) in [4.78, 5) is 11.9. The molecule has 0 aromatic heterocycles. The fraction of sp³-hybridized carbons (Fsp3) is 0.778. The predicted molar refractivity (Wildman–Crippen MR) is 54.3 cm³/mol. The van der Waals surface area contributed by atoms with Crippen LogP contribution in [0.15, 0.2) is 5.10 Å². The Morgan fingerprint density at radius 1 is 1.57 bits per heavy atom. The number of nitrogens with zero attached hydrogens (tertiary/aromatic N) is 2. The molecule has 14 heavy (non-hydrogen) atoms. The number of hydrogen-bond acceptors (Lipinski definition) is 4. The normalized spacial score (nSPS) is 36.4. The molecule has 2 saturated heterocycles. The summed E-state index contributed by atoms with van der Waals surface area (Å²) in [7, 11) is 0. The molecule has 3 rings (SSSR count). The van der Waals surface area contributed by atoms with Crippen molar-refractivity contribution in [1.29, 1.82) is 0 Å². The minimum Gasteiger partial charge on any atom is -0.379 e. The maximum absolute atomic E-state index is 11.9. The van der Waals surface area contributed by atoms with Gasteiger partial charge in [-0.2, -0.15) is 16.9 Å². The summed E-state index contributed by atoms with van der Waals surface area (Å²) in [6.07, 6.45) is 0.933. The van der Waals surface area contributed by atoms with Crippen molar-refractivity contribution in [3.05, 3.63) is 0 Å². The van der Waals surface area contributed by atoms with Gasteiger partial charge in [0, 0.05) is 18.1 Å². The van der Waals surface area contributed by atoms with Crippen LogP contribution in [-0.2, 0) is 9.53 Å². The van der Waals surface area contributed by atoms with Crippen LogP contribution in [-0.4, -0.2) is 47.4 Å². The molecule has 3 aliphatic heterocycles. The number of hydrazone groups is 1. The molecule has 0 saturated carbocycles. The molecule has 76 valence electrons. The van der Waals surface area contributed by atoms with E-state index >= 15 is 0 Å². The third-order valence-corrected chi connectivity index (χ3v) is 4.02. The molecule has 0 aromatic carbocycles. The summed E-state index contributed by atoms with van der Waals surface area (Å²) in [6, 6.07) is 0.200. The van der Waals surface area contributed by atoms with Gasteiger partial charge in [0.1, 0.15) is 0 Å². The van der Waals surface area contributed by atoms with Crippen molar-refractivity contribution in [2.45, 2.75) is 12.5 Å². The summed E-state index contributed by atoms with van der Waals surface area (Å²) in [5.74, 6) is 2.13. The van der Waals surface area contributed by atoms with Gasteiger partial charge in [0.05, 0.1) is 24.3 Å². The summed E-state index contributed by atoms with van der Waals surface area (Å²) in [5, 5.41) is 6.09. The first-order valence-corrected chi connectivity index (χ1v) is 6.07. The molecular weight excluding hydrogens is 200 g/mol. The minimum atomic E-state index is 0.0839. The molecular formula is C9H12N2O2S. The molecule has 0 aliphatic carbocycles. The van der Waals surface area contributed by atoms with E-state index in [4.69, 9.17) is 4.74 Å². The zero-order valence-electron chi connectivity index (χ0n) is 7.81. The van der Waals surface area contributed by atoms with Crippen molar-refractivity contribution < 1.29 is 9.53 Å². The minimum absolute atomic E-state index is 0.0839. The molecule has 0 aromatic rings. The van der Waals surface area contributed by atoms with Gasteiger partial charge in [0.25, 0.3) is 5.91 Å². The number of carbonyl (C=O) groups is 1. The van der Waals surface area contributed by atoms with Gasteiger partial charge >= 0.3 is 0 Å². The van der Waals surface area contributed by atoms with Crippen LogP contribution in [0.25, 0.3) is 0 Å². The lowest BCUT2D eigenvalue weighted by molar-refractivity contribution is -0.133. The quantitative estimate of drug-likeness (QED) is 0.629. The van der Waals surface area contributed by atoms with Crippen molar-refractivity contribution in [3.8, 4) is 0 Å². The second kappa shape index (κ2) is 3.24. The molecule has 0 spiro atoms. The largest absolute Gasteiger partial charge is 0.379 e. The first-order valence-electron chi connectivity index (χ1n) is 4.92. The molecule has 1 amide bonds. The fourth-order valence-electron chi connectivity index (χ4n) is 2.11. The third-order valence-electron chi connectivity index (χ3n) is 2.95. The SMILES string of the molecule is O=C1C2CSCC2=NN1C1CCOC1. The van der Waals surface area contributed by atoms with E-state index in [-0.39, 0.29) is 17.9 Å². The average Bonchev–Trinajstić information content (AvgIpc) is 2.84. The van der Waals surface area contributed by atoms with Gasteiger partial charge in [0.15, 0.2) is 0 Å². The molecule has 4 nitrogen and oxygen atoms in total. The Balaban J connectivity index is 1.81. The molecule has 3 aliphatic rings. The van der Waals surface area contributed by atoms with Crippen molar-refractivity contribution in [2.24, 2.45) is 11.0 Å². The van der Waals surface area contributed by atoms with Crippen LogP contribution in [0.3, 0.4) is 0 Å². The zero-order chi connectivity index (χ0) is 9.54. The van der Waals surface area contributed by atoms with Gasteiger partial charge < -0.3 is 4.74 Å². The van der Waals surface area contributed by atoms with Crippen molar-refractivity contribution in [3.63, 3.8) is 0 Å². The maximum atomic E-state index is 11.9. The van der Waals surface area contributed by atoms with Crippen molar-refractivity contribution >= 4 is 23.4 Å². The highest BCUT2D eigenvalue weighted by Gasteiger charge is 2.42. The van der Waals surface area contributed by atoms with Crippen LogP contribution in [0.5, 0.6) is 0 Å². The highest BCUT2D eigenvalue weighted by Crippen LogP contribution is 2.31. The molecule has 3 heterocycles. The molecule has 0 radical (unpaired) electrons. The van der Waals surface area contributed by atoms with Crippen LogP contribution in [0.1, 0.15) is 6.42 Å². The molecule has 2 unspecified atom stereocenters. The lowest BCUT2D eigenvalue weighted by Crippen LogP contribution is -2.36. The first kappa shape index (κ1) is 8.73. The fourth-order valence-corrected chi connectivity index (χ4v) is 3.27. The summed E-state index contributed by atoms with van der Waals surface area (Å²) in [6.45, 7) is 1.42. The molecule has 0 bridgehead atoms. The number of rotatable bonds is 1. The Kier molecular flexibility index (Phi) is 2.02. The van der Waals surface area contributed by atoms with Crippen LogP contribution in [0.4, 0.5) is 0 Å². The van der Waals surface area contributed by atoms with Gasteiger partial charge in [-0.1, -0.05) is 0 Å². The second-order valence-corrected chi connectivity index (χ2v) is 4.89. The van der Waals surface area contributed by atoms with E-state index < -0.39 is 0 Å². The number of hydrogen-bond donors (Lipinski definition) is 0. The Morgan fingerprint density at radius 3 is 3.21 bits per heavy atom. The van der Waals surface area contributed by atoms with E-state index in [0.717, 1.165) is 30.2 Å². The third kappa shape index (κ3) is 1.19. The van der Waals surface area contributed by atoms with Gasteiger partial charge in [0.2, 0.25) is 0 Å². The monoisotopic (exact) mass is 212 g/mol. The lowest BCUT2D eigenvalue weighted by atomic mass is 10.1. The van der Waals surface area contributed by atoms with Crippen LogP contribution >= 0.6 is 11.8 Å². The molecule has 0 N–H and O–H groups in total. The summed E-state index contributed by atoms with van der Waals surface area (Å²) < 4.78 is 5.27. The number of fused-ring (bicyclic) bond motifs is 1. The van der Waals surface area contributed by atoms with Gasteiger partial charge in [-0.15, -0.1) is 0 Å². The summed E-state index contributed by atoms with van der Waals surface area (Å²) >= 11 is 1.80. The standard InChI is InChI=1S/C9H12N2O2S/c12-9-7-4-14-5-8(7)10-11(9)6-1-2-13-3-6/h6-7H,1-5H2. The van der Waals surface area contributed by atoms with E-state index in [1.165, 1.54) is 0 Å². The van der Waals surface area contributed by atoms with Crippen LogP contribution in [0, 0.1) is 5.92 Å². The highest BCUT2D eigenvalue weighted by atomic mass is 32.2. The topological polar surface area (TPSA) is 41.9 Å². The number of thioether (sulfide) groups is 1. The Hall–Kier alpha value is -0.550. The Morgan fingerprint density at radius 2 is 2.50 bits per heavy atom. The van der Waals surface area contributed by atoms with Gasteiger partial charge in [-0.3, -0.25) is 4.79 Å². The van der Waals surface area contributed by atoms with Crippen molar-refractivity contribution in [2.75, 3.05) is 24.7 Å². The van der Waals surface area contributed by atoms with E-state index in [0.29, 0.717) is 6.61 Å². The molecule has 5 heteroatoms. The van der Waals surface area contributed by atoms with E-state index in [1.54, 1.807) is 16.8 Å². The number of carbonyl (C=O) groups excluding carboxylic acids is 1. The zero-order valence-corrected chi connectivity index (χ0v) is 8.63. The average molecular weight is 212 g/mol. The van der Waals surface area contributed by atoms with E-state index in [2.05, 4.69) is 5.10 Å². The Labute approximate surface area is 86.7 Å². The Bertz CT molecular complexity index is 299. The van der Waals surface area contributed by atoms with E-state index in [1.807, 2.05) is 0 Å². The number of ether oxygens (including phenoxy) is 1. The summed E-state index contributed by atoms with van der Waals surface area (Å²) in [5.41, 5.74) is 1.08. The van der Waals surface area contributed by atoms with E-state index in [9.17, 15) is 4.79 Å². The highest BCUT2D eigenvalue weighted by molar-refractivity contribution is 8.00.